The van der Waals surface area contributed by atoms with Crippen molar-refractivity contribution in [2.75, 3.05) is 6.61 Å². The van der Waals surface area contributed by atoms with E-state index < -0.39 is 12.0 Å². The molecule has 102 valence electrons. The number of rotatable bonds is 5. The zero-order valence-electron chi connectivity index (χ0n) is 10.3. The molecule has 1 aliphatic rings. The first-order chi connectivity index (χ1) is 9.08. The number of carboxylic acids is 1. The molecular formula is C13H16N2O4. The molecular weight excluding hydrogens is 248 g/mol. The number of benzene rings is 1. The third kappa shape index (κ3) is 3.23. The standard InChI is InChI=1S/C13H16N2O4/c14-9(5-6-12(16)17)13(18)15-10-7-19-11-4-2-1-3-8(10)11/h1-4,9-10H,5-7,14H2,(H,15,18)(H,16,17). The smallest absolute Gasteiger partial charge is 0.303 e. The molecule has 0 aromatic heterocycles. The van der Waals surface area contributed by atoms with Crippen molar-refractivity contribution in [2.45, 2.75) is 24.9 Å². The van der Waals surface area contributed by atoms with Gasteiger partial charge in [-0.25, -0.2) is 0 Å². The number of carbonyl (C=O) groups excluding carboxylic acids is 1. The lowest BCUT2D eigenvalue weighted by Gasteiger charge is -2.15. The monoisotopic (exact) mass is 264 g/mol. The first-order valence-electron chi connectivity index (χ1n) is 6.07. The summed E-state index contributed by atoms with van der Waals surface area (Å²) in [4.78, 5) is 22.3. The molecule has 2 unspecified atom stereocenters. The maximum atomic E-state index is 11.8. The van der Waals surface area contributed by atoms with Crippen LogP contribution < -0.4 is 15.8 Å². The van der Waals surface area contributed by atoms with E-state index >= 15 is 0 Å². The molecule has 19 heavy (non-hydrogen) atoms. The van der Waals surface area contributed by atoms with E-state index in [1.807, 2.05) is 24.3 Å². The summed E-state index contributed by atoms with van der Waals surface area (Å²) in [5.74, 6) is -0.559. The molecule has 4 N–H and O–H groups in total. The Bertz CT molecular complexity index is 489. The molecule has 1 aromatic carbocycles. The Balaban J connectivity index is 1.92. The van der Waals surface area contributed by atoms with Crippen molar-refractivity contribution in [1.29, 1.82) is 0 Å². The Labute approximate surface area is 110 Å². The number of aliphatic carboxylic acids is 1. The molecule has 0 saturated carbocycles. The number of amides is 1. The van der Waals surface area contributed by atoms with Gasteiger partial charge >= 0.3 is 5.97 Å². The summed E-state index contributed by atoms with van der Waals surface area (Å²) < 4.78 is 5.44. The highest BCUT2D eigenvalue weighted by Crippen LogP contribution is 2.31. The second-order valence-electron chi connectivity index (χ2n) is 4.45. The summed E-state index contributed by atoms with van der Waals surface area (Å²) in [7, 11) is 0. The van der Waals surface area contributed by atoms with Gasteiger partial charge in [0.2, 0.25) is 5.91 Å². The molecule has 6 nitrogen and oxygen atoms in total. The Hall–Kier alpha value is -2.08. The van der Waals surface area contributed by atoms with E-state index in [0.29, 0.717) is 6.61 Å². The summed E-state index contributed by atoms with van der Waals surface area (Å²) in [6.45, 7) is 0.372. The lowest BCUT2D eigenvalue weighted by Crippen LogP contribution is -2.42. The Morgan fingerprint density at radius 2 is 2.21 bits per heavy atom. The van der Waals surface area contributed by atoms with E-state index in [2.05, 4.69) is 5.32 Å². The van der Waals surface area contributed by atoms with Gasteiger partial charge in [-0.1, -0.05) is 18.2 Å². The van der Waals surface area contributed by atoms with Crippen molar-refractivity contribution < 1.29 is 19.4 Å². The van der Waals surface area contributed by atoms with E-state index in [0.717, 1.165) is 11.3 Å². The molecule has 0 radical (unpaired) electrons. The van der Waals surface area contributed by atoms with Crippen LogP contribution in [-0.4, -0.2) is 29.6 Å². The van der Waals surface area contributed by atoms with Crippen LogP contribution in [0, 0.1) is 0 Å². The highest BCUT2D eigenvalue weighted by Gasteiger charge is 2.26. The van der Waals surface area contributed by atoms with Crippen LogP contribution >= 0.6 is 0 Å². The molecule has 1 amide bonds. The second kappa shape index (κ2) is 5.71. The van der Waals surface area contributed by atoms with Crippen LogP contribution in [0.4, 0.5) is 0 Å². The van der Waals surface area contributed by atoms with Gasteiger partial charge in [0.25, 0.3) is 0 Å². The minimum atomic E-state index is -0.960. The van der Waals surface area contributed by atoms with Crippen molar-refractivity contribution >= 4 is 11.9 Å². The maximum absolute atomic E-state index is 11.8. The van der Waals surface area contributed by atoms with E-state index in [4.69, 9.17) is 15.6 Å². The van der Waals surface area contributed by atoms with Gasteiger partial charge in [0.15, 0.2) is 0 Å². The van der Waals surface area contributed by atoms with Gasteiger partial charge in [-0.15, -0.1) is 0 Å². The molecule has 0 saturated heterocycles. The predicted octanol–water partition coefficient (Wildman–Crippen LogP) is 0.428. The second-order valence-corrected chi connectivity index (χ2v) is 4.45. The summed E-state index contributed by atoms with van der Waals surface area (Å²) in [5.41, 5.74) is 6.57. The van der Waals surface area contributed by atoms with Crippen molar-refractivity contribution in [2.24, 2.45) is 5.73 Å². The Morgan fingerprint density at radius 1 is 1.47 bits per heavy atom. The average molecular weight is 264 g/mol. The van der Waals surface area contributed by atoms with Gasteiger partial charge in [0, 0.05) is 12.0 Å². The molecule has 2 atom stereocenters. The Morgan fingerprint density at radius 3 is 2.95 bits per heavy atom. The Kier molecular flexibility index (Phi) is 4.01. The lowest BCUT2D eigenvalue weighted by molar-refractivity contribution is -0.137. The zero-order chi connectivity index (χ0) is 13.8. The van der Waals surface area contributed by atoms with E-state index in [9.17, 15) is 9.59 Å². The number of hydrogen-bond acceptors (Lipinski definition) is 4. The van der Waals surface area contributed by atoms with Gasteiger partial charge in [-0.05, 0) is 12.5 Å². The number of nitrogens with two attached hydrogens (primary N) is 1. The van der Waals surface area contributed by atoms with Gasteiger partial charge in [-0.3, -0.25) is 9.59 Å². The highest BCUT2D eigenvalue weighted by molar-refractivity contribution is 5.82. The third-order valence-corrected chi connectivity index (χ3v) is 3.02. The zero-order valence-corrected chi connectivity index (χ0v) is 10.3. The fourth-order valence-electron chi connectivity index (χ4n) is 1.97. The van der Waals surface area contributed by atoms with Crippen LogP contribution in [-0.2, 0) is 9.59 Å². The molecule has 1 aromatic rings. The van der Waals surface area contributed by atoms with Crippen LogP contribution in [0.3, 0.4) is 0 Å². The van der Waals surface area contributed by atoms with Crippen LogP contribution in [0.25, 0.3) is 0 Å². The fourth-order valence-corrected chi connectivity index (χ4v) is 1.97. The molecule has 0 bridgehead atoms. The van der Waals surface area contributed by atoms with Crippen LogP contribution in [0.15, 0.2) is 24.3 Å². The van der Waals surface area contributed by atoms with Gasteiger partial charge in [0.1, 0.15) is 12.4 Å². The van der Waals surface area contributed by atoms with Crippen LogP contribution in [0.2, 0.25) is 0 Å². The quantitative estimate of drug-likeness (QED) is 0.715. The lowest BCUT2D eigenvalue weighted by atomic mass is 10.1. The van der Waals surface area contributed by atoms with Crippen molar-refractivity contribution in [1.82, 2.24) is 5.32 Å². The highest BCUT2D eigenvalue weighted by atomic mass is 16.5. The average Bonchev–Trinajstić information content (AvgIpc) is 2.79. The molecule has 0 aliphatic carbocycles. The minimum absolute atomic E-state index is 0.119. The molecule has 1 heterocycles. The van der Waals surface area contributed by atoms with E-state index in [-0.39, 0.29) is 24.8 Å². The SMILES string of the molecule is NC(CCC(=O)O)C(=O)NC1COc2ccccc21. The molecule has 0 fully saturated rings. The molecule has 1 aliphatic heterocycles. The van der Waals surface area contributed by atoms with E-state index in [1.54, 1.807) is 0 Å². The number of carboxylic acid groups (broad SMARTS) is 1. The molecule has 6 heteroatoms. The van der Waals surface area contributed by atoms with Crippen molar-refractivity contribution in [3.63, 3.8) is 0 Å². The first-order valence-corrected chi connectivity index (χ1v) is 6.07. The number of carbonyl (C=O) groups is 2. The van der Waals surface area contributed by atoms with Gasteiger partial charge in [-0.2, -0.15) is 0 Å². The topological polar surface area (TPSA) is 102 Å². The summed E-state index contributed by atoms with van der Waals surface area (Å²) in [6, 6.07) is 6.42. The van der Waals surface area contributed by atoms with Gasteiger partial charge in [0.05, 0.1) is 12.1 Å². The number of nitrogens with one attached hydrogen (secondary N) is 1. The summed E-state index contributed by atoms with van der Waals surface area (Å²) in [6.07, 6.45) is 0.00271. The van der Waals surface area contributed by atoms with Crippen molar-refractivity contribution in [3.05, 3.63) is 29.8 Å². The van der Waals surface area contributed by atoms with Crippen LogP contribution in [0.1, 0.15) is 24.4 Å². The number of fused-ring (bicyclic) bond motifs is 1. The third-order valence-electron chi connectivity index (χ3n) is 3.02. The summed E-state index contributed by atoms with van der Waals surface area (Å²) in [5, 5.41) is 11.3. The normalized spacial score (nSPS) is 18.3. The maximum Gasteiger partial charge on any atom is 0.303 e. The first kappa shape index (κ1) is 13.4. The number of hydrogen-bond donors (Lipinski definition) is 3. The van der Waals surface area contributed by atoms with E-state index in [1.165, 1.54) is 0 Å². The largest absolute Gasteiger partial charge is 0.491 e. The predicted molar refractivity (Wildman–Crippen MR) is 67.7 cm³/mol. The van der Waals surface area contributed by atoms with Crippen molar-refractivity contribution in [3.8, 4) is 5.75 Å². The minimum Gasteiger partial charge on any atom is -0.491 e. The molecule has 0 spiro atoms. The number of ether oxygens (including phenoxy) is 1. The fraction of sp³-hybridized carbons (Fsp3) is 0.385. The van der Waals surface area contributed by atoms with Crippen LogP contribution in [0.5, 0.6) is 5.75 Å². The number of para-hydroxylation sites is 1. The summed E-state index contributed by atoms with van der Waals surface area (Å²) >= 11 is 0. The molecule has 2 rings (SSSR count). The van der Waals surface area contributed by atoms with Gasteiger partial charge < -0.3 is 20.9 Å².